The highest BCUT2D eigenvalue weighted by atomic mass is 16.2. The molecule has 2 aliphatic rings. The van der Waals surface area contributed by atoms with Crippen LogP contribution in [0.5, 0.6) is 0 Å². The van der Waals surface area contributed by atoms with Crippen molar-refractivity contribution in [3.8, 4) is 0 Å². The van der Waals surface area contributed by atoms with Gasteiger partial charge in [0.05, 0.1) is 0 Å². The van der Waals surface area contributed by atoms with Gasteiger partial charge in [0.1, 0.15) is 5.54 Å². The number of nitrogens with two attached hydrogens (primary N) is 1. The van der Waals surface area contributed by atoms with Crippen LogP contribution in [-0.4, -0.2) is 42.5 Å². The van der Waals surface area contributed by atoms with Crippen LogP contribution in [-0.2, 0) is 10.2 Å². The molecule has 3 rings (SSSR count). The van der Waals surface area contributed by atoms with Crippen molar-refractivity contribution in [3.05, 3.63) is 35.9 Å². The molecule has 1 saturated carbocycles. The van der Waals surface area contributed by atoms with E-state index in [-0.39, 0.29) is 11.3 Å². The predicted molar refractivity (Wildman–Crippen MR) is 84.0 cm³/mol. The van der Waals surface area contributed by atoms with E-state index in [0.29, 0.717) is 0 Å². The van der Waals surface area contributed by atoms with Gasteiger partial charge >= 0.3 is 0 Å². The molecule has 4 heteroatoms. The van der Waals surface area contributed by atoms with Crippen molar-refractivity contribution in [1.82, 2.24) is 10.2 Å². The van der Waals surface area contributed by atoms with Crippen LogP contribution in [0.2, 0.25) is 0 Å². The lowest BCUT2D eigenvalue weighted by Gasteiger charge is -2.37. The maximum absolute atomic E-state index is 12.4. The second-order valence-electron chi connectivity index (χ2n) is 6.34. The number of hydrogen-bond acceptors (Lipinski definition) is 3. The van der Waals surface area contributed by atoms with Crippen molar-refractivity contribution >= 4 is 5.91 Å². The molecule has 0 spiro atoms. The molecule has 0 bridgehead atoms. The van der Waals surface area contributed by atoms with Crippen molar-refractivity contribution in [2.24, 2.45) is 5.73 Å². The number of rotatable bonds is 5. The fourth-order valence-electron chi connectivity index (χ4n) is 4.30. The van der Waals surface area contributed by atoms with Gasteiger partial charge in [-0.05, 0) is 18.4 Å². The van der Waals surface area contributed by atoms with E-state index in [1.807, 2.05) is 6.07 Å². The first kappa shape index (κ1) is 14.5. The minimum Gasteiger partial charge on any atom is -0.368 e. The normalized spacial score (nSPS) is 32.8. The van der Waals surface area contributed by atoms with Gasteiger partial charge in [0.15, 0.2) is 0 Å². The molecule has 114 valence electrons. The summed E-state index contributed by atoms with van der Waals surface area (Å²) in [6.07, 6.45) is 2.95. The molecule has 2 fully saturated rings. The third kappa shape index (κ3) is 2.09. The summed E-state index contributed by atoms with van der Waals surface area (Å²) in [6, 6.07) is 10.5. The van der Waals surface area contributed by atoms with Crippen LogP contribution in [0.1, 0.15) is 31.7 Å². The molecule has 0 aromatic heterocycles. The van der Waals surface area contributed by atoms with Crippen LogP contribution in [0.15, 0.2) is 30.3 Å². The maximum Gasteiger partial charge on any atom is 0.238 e. The molecule has 1 aromatic carbocycles. The number of piperazine rings is 1. The zero-order chi connectivity index (χ0) is 14.9. The van der Waals surface area contributed by atoms with E-state index >= 15 is 0 Å². The van der Waals surface area contributed by atoms with Crippen LogP contribution in [0, 0.1) is 0 Å². The number of carbonyl (C=O) groups is 1. The number of nitrogens with one attached hydrogen (secondary N) is 1. The fraction of sp³-hybridized carbons (Fsp3) is 0.588. The van der Waals surface area contributed by atoms with Crippen molar-refractivity contribution in [2.45, 2.75) is 37.1 Å². The SMILES string of the molecule is CCCC1(c2ccccc2)CC1(C(N)=O)N1CCNCC1. The van der Waals surface area contributed by atoms with Crippen molar-refractivity contribution in [2.75, 3.05) is 26.2 Å². The molecule has 21 heavy (non-hydrogen) atoms. The van der Waals surface area contributed by atoms with Crippen LogP contribution >= 0.6 is 0 Å². The van der Waals surface area contributed by atoms with Gasteiger partial charge < -0.3 is 11.1 Å². The predicted octanol–water partition coefficient (Wildman–Crippen LogP) is 1.26. The van der Waals surface area contributed by atoms with Crippen molar-refractivity contribution in [3.63, 3.8) is 0 Å². The molecular weight excluding hydrogens is 262 g/mol. The average molecular weight is 287 g/mol. The van der Waals surface area contributed by atoms with Crippen LogP contribution in [0.25, 0.3) is 0 Å². The molecule has 2 unspecified atom stereocenters. The average Bonchev–Trinajstić information content (AvgIpc) is 3.21. The summed E-state index contributed by atoms with van der Waals surface area (Å²) in [4.78, 5) is 14.7. The van der Waals surface area contributed by atoms with Gasteiger partial charge in [0, 0.05) is 31.6 Å². The summed E-state index contributed by atoms with van der Waals surface area (Å²) in [6.45, 7) is 5.87. The van der Waals surface area contributed by atoms with Gasteiger partial charge in [-0.1, -0.05) is 43.7 Å². The Kier molecular flexibility index (Phi) is 3.76. The zero-order valence-corrected chi connectivity index (χ0v) is 12.8. The fourth-order valence-corrected chi connectivity index (χ4v) is 4.30. The summed E-state index contributed by atoms with van der Waals surface area (Å²) in [5, 5.41) is 3.36. The monoisotopic (exact) mass is 287 g/mol. The second kappa shape index (κ2) is 5.43. The Labute approximate surface area is 126 Å². The highest BCUT2D eigenvalue weighted by molar-refractivity contribution is 5.92. The van der Waals surface area contributed by atoms with E-state index in [1.165, 1.54) is 5.56 Å². The number of benzene rings is 1. The standard InChI is InChI=1S/C17H25N3O/c1-2-8-16(14-6-4-3-5-7-14)13-17(16,15(18)21)20-11-9-19-10-12-20/h3-7,19H,2,8-13H2,1H3,(H2,18,21). The lowest BCUT2D eigenvalue weighted by atomic mass is 9.85. The number of hydrogen-bond donors (Lipinski definition) is 2. The van der Waals surface area contributed by atoms with Gasteiger partial charge in [-0.2, -0.15) is 0 Å². The van der Waals surface area contributed by atoms with E-state index in [1.54, 1.807) is 0 Å². The van der Waals surface area contributed by atoms with Gasteiger partial charge in [0.2, 0.25) is 5.91 Å². The smallest absolute Gasteiger partial charge is 0.238 e. The van der Waals surface area contributed by atoms with Crippen LogP contribution in [0.4, 0.5) is 0 Å². The van der Waals surface area contributed by atoms with Gasteiger partial charge in [-0.3, -0.25) is 9.69 Å². The molecule has 1 heterocycles. The number of carbonyl (C=O) groups excluding carboxylic acids is 1. The Hall–Kier alpha value is -1.39. The van der Waals surface area contributed by atoms with E-state index in [9.17, 15) is 4.79 Å². The first-order chi connectivity index (χ1) is 10.2. The first-order valence-corrected chi connectivity index (χ1v) is 7.98. The summed E-state index contributed by atoms with van der Waals surface area (Å²) >= 11 is 0. The topological polar surface area (TPSA) is 58.4 Å². The summed E-state index contributed by atoms with van der Waals surface area (Å²) in [5.41, 5.74) is 6.60. The van der Waals surface area contributed by atoms with Crippen molar-refractivity contribution in [1.29, 1.82) is 0 Å². The van der Waals surface area contributed by atoms with Gasteiger partial charge in [0.25, 0.3) is 0 Å². The molecule has 1 aromatic rings. The molecule has 0 radical (unpaired) electrons. The number of nitrogens with zero attached hydrogens (tertiary/aromatic N) is 1. The summed E-state index contributed by atoms with van der Waals surface area (Å²) in [7, 11) is 0. The molecule has 2 atom stereocenters. The lowest BCUT2D eigenvalue weighted by Crippen LogP contribution is -2.58. The quantitative estimate of drug-likeness (QED) is 0.857. The summed E-state index contributed by atoms with van der Waals surface area (Å²) < 4.78 is 0. The highest BCUT2D eigenvalue weighted by Crippen LogP contribution is 2.63. The molecule has 1 aliphatic heterocycles. The maximum atomic E-state index is 12.4. The lowest BCUT2D eigenvalue weighted by molar-refractivity contribution is -0.126. The molecule has 1 saturated heterocycles. The Morgan fingerprint density at radius 2 is 1.95 bits per heavy atom. The second-order valence-corrected chi connectivity index (χ2v) is 6.34. The first-order valence-electron chi connectivity index (χ1n) is 7.98. The zero-order valence-electron chi connectivity index (χ0n) is 12.8. The molecule has 1 amide bonds. The van der Waals surface area contributed by atoms with E-state index in [0.717, 1.165) is 45.4 Å². The molecule has 4 nitrogen and oxygen atoms in total. The molecular formula is C17H25N3O. The highest BCUT2D eigenvalue weighted by Gasteiger charge is 2.73. The number of primary amides is 1. The van der Waals surface area contributed by atoms with Gasteiger partial charge in [-0.25, -0.2) is 0 Å². The third-order valence-corrected chi connectivity index (χ3v) is 5.29. The molecule has 3 N–H and O–H groups in total. The molecule has 1 aliphatic carbocycles. The van der Waals surface area contributed by atoms with E-state index < -0.39 is 5.54 Å². The largest absolute Gasteiger partial charge is 0.368 e. The van der Waals surface area contributed by atoms with Gasteiger partial charge in [-0.15, -0.1) is 0 Å². The Morgan fingerprint density at radius 1 is 1.29 bits per heavy atom. The summed E-state index contributed by atoms with van der Waals surface area (Å²) in [5.74, 6) is -0.151. The van der Waals surface area contributed by atoms with Crippen LogP contribution in [0.3, 0.4) is 0 Å². The van der Waals surface area contributed by atoms with E-state index in [4.69, 9.17) is 5.73 Å². The minimum absolute atomic E-state index is 0.0911. The Morgan fingerprint density at radius 3 is 2.52 bits per heavy atom. The Balaban J connectivity index is 2.00. The minimum atomic E-state index is -0.480. The number of amides is 1. The third-order valence-electron chi connectivity index (χ3n) is 5.29. The Bertz CT molecular complexity index is 512. The van der Waals surface area contributed by atoms with Crippen LogP contribution < -0.4 is 11.1 Å². The van der Waals surface area contributed by atoms with Crippen molar-refractivity contribution < 1.29 is 4.79 Å². The van der Waals surface area contributed by atoms with E-state index in [2.05, 4.69) is 41.4 Å².